The third-order valence-electron chi connectivity index (χ3n) is 5.49. The smallest absolute Gasteiger partial charge is 0.259 e. The number of aromatic nitrogens is 3. The van der Waals surface area contributed by atoms with Crippen molar-refractivity contribution >= 4 is 22.6 Å². The maximum absolute atomic E-state index is 13.8. The number of carbonyl (C=O) groups excluding carboxylic acids is 1. The van der Waals surface area contributed by atoms with Crippen molar-refractivity contribution < 1.29 is 9.21 Å². The molecule has 0 unspecified atom stereocenters. The van der Waals surface area contributed by atoms with E-state index in [0.717, 1.165) is 17.5 Å². The van der Waals surface area contributed by atoms with E-state index in [-0.39, 0.29) is 18.0 Å². The van der Waals surface area contributed by atoms with Crippen LogP contribution in [0.2, 0.25) is 0 Å². The molecule has 0 aliphatic carbocycles. The van der Waals surface area contributed by atoms with Gasteiger partial charge in [-0.25, -0.2) is 9.67 Å². The fourth-order valence-corrected chi connectivity index (χ4v) is 4.13. The van der Waals surface area contributed by atoms with Crippen LogP contribution in [0.15, 0.2) is 59.3 Å². The molecule has 0 saturated heterocycles. The maximum atomic E-state index is 13.8. The molecule has 6 nitrogen and oxygen atoms in total. The summed E-state index contributed by atoms with van der Waals surface area (Å²) in [5.74, 6) is 0.596. The molecular weight excluding hydrogens is 364 g/mol. The standard InChI is InChI=1S/C23H22N4O2/c1-14(2)27-22-18(13-24-27)17(12-19(25-22)21-9-6-10-29-21)23(28)26-15(3)11-16-7-4-5-8-20(16)26/h4-10,12-15H,11H2,1-3H3/t15-/m1/s1. The van der Waals surface area contributed by atoms with Crippen LogP contribution < -0.4 is 4.90 Å². The molecule has 0 spiro atoms. The summed E-state index contributed by atoms with van der Waals surface area (Å²) in [7, 11) is 0. The molecule has 3 aromatic heterocycles. The maximum Gasteiger partial charge on any atom is 0.259 e. The second-order valence-electron chi connectivity index (χ2n) is 7.81. The van der Waals surface area contributed by atoms with Crippen LogP contribution in [-0.2, 0) is 6.42 Å². The SMILES string of the molecule is CC(C)n1ncc2c(C(=O)N3c4ccccc4C[C@H]3C)cc(-c3ccco3)nc21. The molecule has 6 heteroatoms. The van der Waals surface area contributed by atoms with Crippen molar-refractivity contribution in [3.05, 3.63) is 66.1 Å². The highest BCUT2D eigenvalue weighted by atomic mass is 16.3. The summed E-state index contributed by atoms with van der Waals surface area (Å²) in [4.78, 5) is 20.4. The molecule has 1 aromatic carbocycles. The van der Waals surface area contributed by atoms with E-state index < -0.39 is 0 Å². The van der Waals surface area contributed by atoms with Crippen molar-refractivity contribution in [2.75, 3.05) is 4.90 Å². The van der Waals surface area contributed by atoms with E-state index in [1.807, 2.05) is 59.8 Å². The first-order valence-electron chi connectivity index (χ1n) is 9.88. The van der Waals surface area contributed by atoms with Crippen LogP contribution in [0.3, 0.4) is 0 Å². The van der Waals surface area contributed by atoms with Crippen molar-refractivity contribution in [1.29, 1.82) is 0 Å². The molecule has 1 aliphatic heterocycles. The van der Waals surface area contributed by atoms with Gasteiger partial charge >= 0.3 is 0 Å². The van der Waals surface area contributed by atoms with Gasteiger partial charge in [-0.2, -0.15) is 5.10 Å². The minimum atomic E-state index is -0.0361. The summed E-state index contributed by atoms with van der Waals surface area (Å²) in [6.45, 7) is 6.18. The molecule has 1 aliphatic rings. The number of carbonyl (C=O) groups is 1. The molecule has 0 bridgehead atoms. The number of para-hydroxylation sites is 1. The first-order valence-corrected chi connectivity index (χ1v) is 9.88. The molecule has 5 rings (SSSR count). The lowest BCUT2D eigenvalue weighted by Crippen LogP contribution is -2.35. The van der Waals surface area contributed by atoms with Crippen LogP contribution in [0, 0.1) is 0 Å². The van der Waals surface area contributed by atoms with Crippen LogP contribution >= 0.6 is 0 Å². The van der Waals surface area contributed by atoms with Gasteiger partial charge in [0.05, 0.1) is 23.4 Å². The first-order chi connectivity index (χ1) is 14.0. The van der Waals surface area contributed by atoms with Gasteiger partial charge in [0.2, 0.25) is 0 Å². The minimum absolute atomic E-state index is 0.0361. The molecule has 0 fully saturated rings. The predicted molar refractivity (Wildman–Crippen MR) is 112 cm³/mol. The number of hydrogen-bond acceptors (Lipinski definition) is 4. The van der Waals surface area contributed by atoms with Gasteiger partial charge in [-0.15, -0.1) is 0 Å². The average Bonchev–Trinajstić information content (AvgIpc) is 3.43. The monoisotopic (exact) mass is 386 g/mol. The molecule has 146 valence electrons. The van der Waals surface area contributed by atoms with Gasteiger partial charge in [-0.05, 0) is 57.0 Å². The topological polar surface area (TPSA) is 64.2 Å². The zero-order valence-corrected chi connectivity index (χ0v) is 16.7. The minimum Gasteiger partial charge on any atom is -0.463 e. The third-order valence-corrected chi connectivity index (χ3v) is 5.49. The number of fused-ring (bicyclic) bond motifs is 2. The fraction of sp³-hybridized carbons (Fsp3) is 0.261. The lowest BCUT2D eigenvalue weighted by molar-refractivity contribution is 0.0983. The Kier molecular flexibility index (Phi) is 4.01. The van der Waals surface area contributed by atoms with E-state index in [4.69, 9.17) is 9.40 Å². The number of amides is 1. The highest BCUT2D eigenvalue weighted by Gasteiger charge is 2.33. The van der Waals surface area contributed by atoms with Crippen molar-refractivity contribution in [2.24, 2.45) is 0 Å². The molecule has 4 heterocycles. The van der Waals surface area contributed by atoms with E-state index in [2.05, 4.69) is 18.1 Å². The van der Waals surface area contributed by atoms with Crippen molar-refractivity contribution in [1.82, 2.24) is 14.8 Å². The lowest BCUT2D eigenvalue weighted by Gasteiger charge is -2.23. The number of nitrogens with zero attached hydrogens (tertiary/aromatic N) is 4. The molecule has 0 radical (unpaired) electrons. The zero-order valence-electron chi connectivity index (χ0n) is 16.7. The first kappa shape index (κ1) is 17.7. The fourth-order valence-electron chi connectivity index (χ4n) is 4.13. The molecule has 4 aromatic rings. The summed E-state index contributed by atoms with van der Waals surface area (Å²) in [6.07, 6.45) is 4.21. The van der Waals surface area contributed by atoms with Crippen molar-refractivity contribution in [2.45, 2.75) is 39.3 Å². The molecule has 1 amide bonds. The Bertz CT molecular complexity index is 1210. The van der Waals surface area contributed by atoms with E-state index in [1.54, 1.807) is 12.5 Å². The van der Waals surface area contributed by atoms with Gasteiger partial charge in [0.15, 0.2) is 11.4 Å². The zero-order chi connectivity index (χ0) is 20.1. The number of hydrogen-bond donors (Lipinski definition) is 0. The van der Waals surface area contributed by atoms with E-state index in [9.17, 15) is 4.79 Å². The van der Waals surface area contributed by atoms with Crippen LogP contribution in [0.25, 0.3) is 22.5 Å². The van der Waals surface area contributed by atoms with Gasteiger partial charge in [-0.1, -0.05) is 18.2 Å². The Labute approximate surface area is 168 Å². The summed E-state index contributed by atoms with van der Waals surface area (Å²) in [5, 5.41) is 5.26. The van der Waals surface area contributed by atoms with Gasteiger partial charge in [0, 0.05) is 17.8 Å². The van der Waals surface area contributed by atoms with E-state index in [1.165, 1.54) is 5.56 Å². The Morgan fingerprint density at radius 1 is 1.21 bits per heavy atom. The van der Waals surface area contributed by atoms with E-state index >= 15 is 0 Å². The summed E-state index contributed by atoms with van der Waals surface area (Å²) >= 11 is 0. The Hall–Kier alpha value is -3.41. The number of rotatable bonds is 3. The molecule has 29 heavy (non-hydrogen) atoms. The van der Waals surface area contributed by atoms with Crippen LogP contribution in [0.1, 0.15) is 42.7 Å². The number of pyridine rings is 1. The molecular formula is C23H22N4O2. The second kappa shape index (κ2) is 6.58. The summed E-state index contributed by atoms with van der Waals surface area (Å²) < 4.78 is 7.41. The molecule has 0 saturated carbocycles. The molecule has 1 atom stereocenters. The lowest BCUT2D eigenvalue weighted by atomic mass is 10.1. The van der Waals surface area contributed by atoms with Gasteiger partial charge in [-0.3, -0.25) is 4.79 Å². The Morgan fingerprint density at radius 2 is 2.03 bits per heavy atom. The predicted octanol–water partition coefficient (Wildman–Crippen LogP) is 4.86. The number of anilines is 1. The highest BCUT2D eigenvalue weighted by molar-refractivity contribution is 6.14. The van der Waals surface area contributed by atoms with Crippen LogP contribution in [0.5, 0.6) is 0 Å². The third kappa shape index (κ3) is 2.75. The number of furan rings is 1. The largest absolute Gasteiger partial charge is 0.463 e. The van der Waals surface area contributed by atoms with Crippen molar-refractivity contribution in [3.8, 4) is 11.5 Å². The van der Waals surface area contributed by atoms with Gasteiger partial charge in [0.1, 0.15) is 5.69 Å². The molecule has 0 N–H and O–H groups in total. The van der Waals surface area contributed by atoms with Gasteiger partial charge in [0.25, 0.3) is 5.91 Å². The second-order valence-corrected chi connectivity index (χ2v) is 7.81. The van der Waals surface area contributed by atoms with Crippen LogP contribution in [-0.4, -0.2) is 26.7 Å². The van der Waals surface area contributed by atoms with Crippen molar-refractivity contribution in [3.63, 3.8) is 0 Å². The average molecular weight is 386 g/mol. The van der Waals surface area contributed by atoms with Crippen LogP contribution in [0.4, 0.5) is 5.69 Å². The Balaban J connectivity index is 1.71. The number of benzene rings is 1. The summed E-state index contributed by atoms with van der Waals surface area (Å²) in [6, 6.07) is 13.8. The normalized spacial score (nSPS) is 16.0. The van der Waals surface area contributed by atoms with Gasteiger partial charge < -0.3 is 9.32 Å². The highest BCUT2D eigenvalue weighted by Crippen LogP contribution is 2.35. The Morgan fingerprint density at radius 3 is 2.79 bits per heavy atom. The summed E-state index contributed by atoms with van der Waals surface area (Å²) in [5.41, 5.74) is 4.09. The quantitative estimate of drug-likeness (QED) is 0.504. The van der Waals surface area contributed by atoms with E-state index in [0.29, 0.717) is 22.7 Å².